The van der Waals surface area contributed by atoms with Gasteiger partial charge in [0.2, 0.25) is 0 Å². The van der Waals surface area contributed by atoms with Gasteiger partial charge in [0.25, 0.3) is 5.91 Å². The van der Waals surface area contributed by atoms with Crippen LogP contribution in [0.3, 0.4) is 0 Å². The van der Waals surface area contributed by atoms with Crippen molar-refractivity contribution in [3.05, 3.63) is 66.0 Å². The predicted molar refractivity (Wildman–Crippen MR) is 87.6 cm³/mol. The van der Waals surface area contributed by atoms with Gasteiger partial charge >= 0.3 is 0 Å². The minimum atomic E-state index is -0.309. The van der Waals surface area contributed by atoms with Gasteiger partial charge in [-0.25, -0.2) is 4.68 Å². The number of nitrogens with one attached hydrogen (secondary N) is 1. The molecule has 0 aliphatic carbocycles. The smallest absolute Gasteiger partial charge is 0.251 e. The molecular formula is C17H17N5O2. The second-order valence-electron chi connectivity index (χ2n) is 5.30. The number of nitrogens with zero attached hydrogens (tertiary/aromatic N) is 4. The van der Waals surface area contributed by atoms with Crippen LogP contribution in [0.2, 0.25) is 0 Å². The summed E-state index contributed by atoms with van der Waals surface area (Å²) in [5.74, 6) is 1.68. The zero-order chi connectivity index (χ0) is 16.9. The summed E-state index contributed by atoms with van der Waals surface area (Å²) in [6.07, 6.45) is 0. The summed E-state index contributed by atoms with van der Waals surface area (Å²) in [5.41, 5.74) is 0.505. The maximum atomic E-state index is 12.4. The lowest BCUT2D eigenvalue weighted by Gasteiger charge is -2.13. The van der Waals surface area contributed by atoms with Gasteiger partial charge in [-0.3, -0.25) is 4.79 Å². The fraction of sp³-hybridized carbons (Fsp3) is 0.176. The topological polar surface area (TPSA) is 81.9 Å². The largest absolute Gasteiger partial charge is 0.457 e. The zero-order valence-corrected chi connectivity index (χ0v) is 13.4. The summed E-state index contributed by atoms with van der Waals surface area (Å²) < 4.78 is 7.28. The van der Waals surface area contributed by atoms with Crippen LogP contribution < -0.4 is 10.1 Å². The fourth-order valence-corrected chi connectivity index (χ4v) is 2.27. The molecule has 0 aliphatic heterocycles. The number of carbonyl (C=O) groups excluding carboxylic acids is 1. The normalized spacial score (nSPS) is 11.8. The molecule has 1 atom stereocenters. The number of para-hydroxylation sites is 1. The van der Waals surface area contributed by atoms with Crippen LogP contribution in [0, 0.1) is 0 Å². The number of ether oxygens (including phenoxy) is 1. The van der Waals surface area contributed by atoms with Crippen molar-refractivity contribution in [2.45, 2.75) is 13.0 Å². The predicted octanol–water partition coefficient (Wildman–Crippen LogP) is 2.49. The van der Waals surface area contributed by atoms with Crippen LogP contribution in [-0.2, 0) is 7.05 Å². The molecule has 0 saturated carbocycles. The molecule has 1 aromatic heterocycles. The molecule has 7 nitrogen and oxygen atoms in total. The van der Waals surface area contributed by atoms with Crippen LogP contribution in [0.4, 0.5) is 0 Å². The van der Waals surface area contributed by atoms with Crippen LogP contribution >= 0.6 is 0 Å². The highest BCUT2D eigenvalue weighted by atomic mass is 16.5. The number of aryl methyl sites for hydroxylation is 1. The summed E-state index contributed by atoms with van der Waals surface area (Å²) in [4.78, 5) is 12.4. The Morgan fingerprint density at radius 2 is 1.88 bits per heavy atom. The van der Waals surface area contributed by atoms with E-state index in [0.717, 1.165) is 0 Å². The van der Waals surface area contributed by atoms with E-state index in [1.807, 2.05) is 37.3 Å². The first-order valence-corrected chi connectivity index (χ1v) is 7.49. The number of tetrazole rings is 1. The molecule has 2 aromatic carbocycles. The third kappa shape index (κ3) is 3.57. The average Bonchev–Trinajstić information content (AvgIpc) is 3.02. The van der Waals surface area contributed by atoms with E-state index >= 15 is 0 Å². The Morgan fingerprint density at radius 3 is 2.58 bits per heavy atom. The molecule has 0 unspecified atom stereocenters. The van der Waals surface area contributed by atoms with Crippen molar-refractivity contribution < 1.29 is 9.53 Å². The molecule has 3 rings (SSSR count). The molecule has 24 heavy (non-hydrogen) atoms. The molecule has 3 aromatic rings. The number of aromatic nitrogens is 4. The second kappa shape index (κ2) is 6.91. The molecule has 0 bridgehead atoms. The van der Waals surface area contributed by atoms with Crippen molar-refractivity contribution in [2.24, 2.45) is 7.05 Å². The zero-order valence-electron chi connectivity index (χ0n) is 13.4. The average molecular weight is 323 g/mol. The van der Waals surface area contributed by atoms with Gasteiger partial charge < -0.3 is 10.1 Å². The van der Waals surface area contributed by atoms with E-state index < -0.39 is 0 Å². The van der Waals surface area contributed by atoms with Gasteiger partial charge in [0.05, 0.1) is 6.04 Å². The first-order chi connectivity index (χ1) is 11.6. The maximum Gasteiger partial charge on any atom is 0.251 e. The molecule has 0 fully saturated rings. The van der Waals surface area contributed by atoms with Gasteiger partial charge in [0.1, 0.15) is 11.5 Å². The van der Waals surface area contributed by atoms with Crippen LogP contribution in [-0.4, -0.2) is 26.1 Å². The summed E-state index contributed by atoms with van der Waals surface area (Å²) in [7, 11) is 1.73. The number of amides is 1. The van der Waals surface area contributed by atoms with Gasteiger partial charge in [0, 0.05) is 12.6 Å². The summed E-state index contributed by atoms with van der Waals surface area (Å²) in [5, 5.41) is 14.1. The molecule has 1 N–H and O–H groups in total. The first kappa shape index (κ1) is 15.7. The highest BCUT2D eigenvalue weighted by Crippen LogP contribution is 2.22. The Labute approximate surface area is 139 Å². The van der Waals surface area contributed by atoms with Gasteiger partial charge in [-0.2, -0.15) is 0 Å². The molecule has 0 aliphatic rings. The lowest BCUT2D eigenvalue weighted by Crippen LogP contribution is -2.28. The molecule has 122 valence electrons. The Bertz CT molecular complexity index is 832. The van der Waals surface area contributed by atoms with Gasteiger partial charge in [-0.15, -0.1) is 5.10 Å². The Balaban J connectivity index is 1.71. The molecule has 0 saturated heterocycles. The van der Waals surface area contributed by atoms with Crippen molar-refractivity contribution in [1.82, 2.24) is 25.5 Å². The Hall–Kier alpha value is -3.22. The quantitative estimate of drug-likeness (QED) is 0.780. The van der Waals surface area contributed by atoms with Crippen molar-refractivity contribution in [3.63, 3.8) is 0 Å². The third-order valence-electron chi connectivity index (χ3n) is 3.46. The lowest BCUT2D eigenvalue weighted by molar-refractivity contribution is 0.0937. The van der Waals surface area contributed by atoms with Gasteiger partial charge in [0.15, 0.2) is 5.82 Å². The SMILES string of the molecule is C[C@@H](NC(=O)c1cccc(Oc2ccccc2)c1)c1nnnn1C. The summed E-state index contributed by atoms with van der Waals surface area (Å²) in [6, 6.07) is 16.1. The molecule has 1 heterocycles. The molecule has 0 spiro atoms. The molecule has 0 radical (unpaired) electrons. The van der Waals surface area contributed by atoms with Gasteiger partial charge in [-0.05, 0) is 47.7 Å². The maximum absolute atomic E-state index is 12.4. The molecule has 7 heteroatoms. The van der Waals surface area contributed by atoms with Crippen LogP contribution in [0.15, 0.2) is 54.6 Å². The van der Waals surface area contributed by atoms with Gasteiger partial charge in [-0.1, -0.05) is 24.3 Å². The minimum absolute atomic E-state index is 0.219. The molecule has 1 amide bonds. The van der Waals surface area contributed by atoms with Crippen LogP contribution in [0.1, 0.15) is 29.1 Å². The van der Waals surface area contributed by atoms with E-state index in [1.54, 1.807) is 31.3 Å². The van der Waals surface area contributed by atoms with Crippen LogP contribution in [0.5, 0.6) is 11.5 Å². The van der Waals surface area contributed by atoms with Crippen LogP contribution in [0.25, 0.3) is 0 Å². The standard InChI is InChI=1S/C17H17N5O2/c1-12(16-19-20-21-22(16)2)18-17(23)13-7-6-10-15(11-13)24-14-8-4-3-5-9-14/h3-12H,1-2H3,(H,18,23)/t12-/m1/s1. The fourth-order valence-electron chi connectivity index (χ4n) is 2.27. The first-order valence-electron chi connectivity index (χ1n) is 7.49. The van der Waals surface area contributed by atoms with E-state index in [-0.39, 0.29) is 11.9 Å². The monoisotopic (exact) mass is 323 g/mol. The summed E-state index contributed by atoms with van der Waals surface area (Å²) >= 11 is 0. The van der Waals surface area contributed by atoms with Crippen molar-refractivity contribution in [3.8, 4) is 11.5 Å². The number of hydrogen-bond donors (Lipinski definition) is 1. The Kier molecular flexibility index (Phi) is 4.51. The number of hydrogen-bond acceptors (Lipinski definition) is 5. The number of benzene rings is 2. The minimum Gasteiger partial charge on any atom is -0.457 e. The van der Waals surface area contributed by atoms with E-state index in [1.165, 1.54) is 4.68 Å². The lowest BCUT2D eigenvalue weighted by atomic mass is 10.2. The van der Waals surface area contributed by atoms with Crippen molar-refractivity contribution in [1.29, 1.82) is 0 Å². The number of rotatable bonds is 5. The van der Waals surface area contributed by atoms with E-state index in [9.17, 15) is 4.79 Å². The highest BCUT2D eigenvalue weighted by molar-refractivity contribution is 5.94. The van der Waals surface area contributed by atoms with E-state index in [2.05, 4.69) is 20.8 Å². The summed E-state index contributed by atoms with van der Waals surface area (Å²) in [6.45, 7) is 1.83. The van der Waals surface area contributed by atoms with E-state index in [4.69, 9.17) is 4.74 Å². The third-order valence-corrected chi connectivity index (χ3v) is 3.46. The molecular weight excluding hydrogens is 306 g/mol. The van der Waals surface area contributed by atoms with Crippen molar-refractivity contribution in [2.75, 3.05) is 0 Å². The van der Waals surface area contributed by atoms with E-state index in [0.29, 0.717) is 22.9 Å². The Morgan fingerprint density at radius 1 is 1.12 bits per heavy atom. The second-order valence-corrected chi connectivity index (χ2v) is 5.30. The highest BCUT2D eigenvalue weighted by Gasteiger charge is 2.16. The number of carbonyl (C=O) groups is 1. The van der Waals surface area contributed by atoms with Crippen molar-refractivity contribution >= 4 is 5.91 Å².